The van der Waals surface area contributed by atoms with Gasteiger partial charge in [-0.2, -0.15) is 4.31 Å². The molecule has 6 rings (SSSR count). The van der Waals surface area contributed by atoms with Crippen LogP contribution in [0.3, 0.4) is 0 Å². The smallest absolute Gasteiger partial charge is 0.243 e. The van der Waals surface area contributed by atoms with E-state index in [1.54, 1.807) is 29.1 Å². The molecule has 1 atom stereocenters. The number of hydrogen-bond donors (Lipinski definition) is 0. The van der Waals surface area contributed by atoms with Crippen molar-refractivity contribution >= 4 is 21.2 Å². The van der Waals surface area contributed by atoms with E-state index < -0.39 is 10.0 Å². The number of benzene rings is 1. The van der Waals surface area contributed by atoms with Crippen molar-refractivity contribution in [2.24, 2.45) is 0 Å². The molecule has 1 aliphatic carbocycles. The molecular formula is C23H22N4O3S. The van der Waals surface area contributed by atoms with Gasteiger partial charge in [-0.25, -0.2) is 18.4 Å². The van der Waals surface area contributed by atoms with E-state index in [9.17, 15) is 8.42 Å². The topological polar surface area (TPSA) is 81.2 Å². The Morgan fingerprint density at radius 3 is 2.87 bits per heavy atom. The van der Waals surface area contributed by atoms with E-state index in [2.05, 4.69) is 9.55 Å². The quantitative estimate of drug-likeness (QED) is 0.488. The summed E-state index contributed by atoms with van der Waals surface area (Å²) in [4.78, 5) is 9.70. The molecule has 0 amide bonds. The van der Waals surface area contributed by atoms with Crippen LogP contribution in [0.5, 0.6) is 0 Å². The van der Waals surface area contributed by atoms with Gasteiger partial charge >= 0.3 is 0 Å². The minimum absolute atomic E-state index is 0.0472. The number of fused-ring (bicyclic) bond motifs is 2. The van der Waals surface area contributed by atoms with Crippen molar-refractivity contribution in [3.63, 3.8) is 0 Å². The highest BCUT2D eigenvalue weighted by atomic mass is 32.2. The van der Waals surface area contributed by atoms with E-state index in [-0.39, 0.29) is 6.04 Å². The molecule has 4 heterocycles. The molecule has 1 aliphatic heterocycles. The number of hydrogen-bond acceptors (Lipinski definition) is 5. The molecule has 158 valence electrons. The molecule has 1 unspecified atom stereocenters. The Labute approximate surface area is 180 Å². The van der Waals surface area contributed by atoms with Crippen LogP contribution in [0.2, 0.25) is 0 Å². The van der Waals surface area contributed by atoms with Crippen LogP contribution in [0.1, 0.15) is 30.0 Å². The van der Waals surface area contributed by atoms with Gasteiger partial charge in [0.25, 0.3) is 0 Å². The molecule has 7 nitrogen and oxygen atoms in total. The van der Waals surface area contributed by atoms with Crippen molar-refractivity contribution in [2.75, 3.05) is 13.1 Å². The minimum atomic E-state index is -3.54. The largest absolute Gasteiger partial charge is 0.472 e. The van der Waals surface area contributed by atoms with Crippen molar-refractivity contribution in [1.29, 1.82) is 0 Å². The number of furan rings is 1. The second-order valence-electron chi connectivity index (χ2n) is 8.25. The summed E-state index contributed by atoms with van der Waals surface area (Å²) in [5.74, 6) is 0.754. The lowest BCUT2D eigenvalue weighted by Crippen LogP contribution is -2.29. The summed E-state index contributed by atoms with van der Waals surface area (Å²) in [6.45, 7) is 0.869. The number of rotatable bonds is 4. The van der Waals surface area contributed by atoms with Crippen molar-refractivity contribution in [2.45, 2.75) is 36.6 Å². The van der Waals surface area contributed by atoms with Gasteiger partial charge in [0.2, 0.25) is 10.0 Å². The Kier molecular flexibility index (Phi) is 4.26. The highest BCUT2D eigenvalue weighted by Gasteiger charge is 2.35. The average Bonchev–Trinajstić information content (AvgIpc) is 3.58. The summed E-state index contributed by atoms with van der Waals surface area (Å²) >= 11 is 0. The molecule has 0 bridgehead atoms. The molecule has 0 saturated carbocycles. The molecule has 0 spiro atoms. The number of aryl methyl sites for hydroxylation is 2. The van der Waals surface area contributed by atoms with E-state index in [0.29, 0.717) is 24.4 Å². The highest BCUT2D eigenvalue weighted by molar-refractivity contribution is 7.89. The van der Waals surface area contributed by atoms with E-state index in [0.717, 1.165) is 41.8 Å². The molecule has 0 radical (unpaired) electrons. The second kappa shape index (κ2) is 7.03. The van der Waals surface area contributed by atoms with Gasteiger partial charge in [-0.1, -0.05) is 6.07 Å². The molecule has 1 fully saturated rings. The predicted octanol–water partition coefficient (Wildman–Crippen LogP) is 3.82. The number of sulfonamides is 1. The zero-order valence-electron chi connectivity index (χ0n) is 16.9. The first-order chi connectivity index (χ1) is 15.1. The van der Waals surface area contributed by atoms with E-state index in [1.807, 2.05) is 30.3 Å². The molecular weight excluding hydrogens is 412 g/mol. The number of imidazole rings is 1. The van der Waals surface area contributed by atoms with Crippen LogP contribution in [-0.2, 0) is 22.9 Å². The Bertz CT molecular complexity index is 1380. The summed E-state index contributed by atoms with van der Waals surface area (Å²) in [7, 11) is -3.54. The summed E-state index contributed by atoms with van der Waals surface area (Å²) in [6, 6.07) is 11.2. The zero-order chi connectivity index (χ0) is 21.0. The summed E-state index contributed by atoms with van der Waals surface area (Å²) < 4.78 is 35.7. The van der Waals surface area contributed by atoms with Crippen molar-refractivity contribution < 1.29 is 12.8 Å². The number of aromatic nitrogens is 3. The van der Waals surface area contributed by atoms with Crippen LogP contribution in [0.4, 0.5) is 0 Å². The maximum absolute atomic E-state index is 13.4. The Hall–Kier alpha value is -2.97. The molecule has 1 saturated heterocycles. The first kappa shape index (κ1) is 18.8. The Balaban J connectivity index is 1.36. The van der Waals surface area contributed by atoms with Crippen molar-refractivity contribution in [3.8, 4) is 11.4 Å². The van der Waals surface area contributed by atoms with E-state index >= 15 is 0 Å². The van der Waals surface area contributed by atoms with Gasteiger partial charge in [-0.15, -0.1) is 0 Å². The third kappa shape index (κ3) is 3.01. The molecule has 8 heteroatoms. The van der Waals surface area contributed by atoms with Gasteiger partial charge in [0.1, 0.15) is 17.6 Å². The van der Waals surface area contributed by atoms with Gasteiger partial charge in [-0.3, -0.25) is 0 Å². The molecule has 1 aromatic carbocycles. The van der Waals surface area contributed by atoms with Gasteiger partial charge < -0.3 is 8.98 Å². The van der Waals surface area contributed by atoms with Crippen LogP contribution < -0.4 is 0 Å². The summed E-state index contributed by atoms with van der Waals surface area (Å²) in [6.07, 6.45) is 8.82. The third-order valence-corrected chi connectivity index (χ3v) is 8.29. The lowest BCUT2D eigenvalue weighted by atomic mass is 10.1. The maximum Gasteiger partial charge on any atom is 0.243 e. The molecule has 4 aromatic rings. The molecule has 3 aromatic heterocycles. The second-order valence-corrected chi connectivity index (χ2v) is 10.2. The Morgan fingerprint density at radius 2 is 2.00 bits per heavy atom. The summed E-state index contributed by atoms with van der Waals surface area (Å²) in [5, 5.41) is 0. The number of nitrogens with zero attached hydrogens (tertiary/aromatic N) is 4. The molecule has 2 aliphatic rings. The van der Waals surface area contributed by atoms with Crippen molar-refractivity contribution in [1.82, 2.24) is 18.8 Å². The highest BCUT2D eigenvalue weighted by Crippen LogP contribution is 2.35. The average molecular weight is 435 g/mol. The maximum atomic E-state index is 13.4. The number of pyridine rings is 1. The van der Waals surface area contributed by atoms with Gasteiger partial charge in [0, 0.05) is 19.3 Å². The standard InChI is InChI=1S/C23H22N4O3S/c28-31(29,20-7-6-16-3-1-4-17(16)13-20)26-11-8-19(14-26)27-22(18-9-12-30-15-18)25-21-5-2-10-24-23(21)27/h2,5-7,9-10,12-13,15,19H,1,3-4,8,11,14H2. The van der Waals surface area contributed by atoms with Crippen LogP contribution in [0, 0.1) is 0 Å². The normalized spacial score (nSPS) is 19.3. The molecule has 31 heavy (non-hydrogen) atoms. The van der Waals surface area contributed by atoms with Crippen molar-refractivity contribution in [3.05, 3.63) is 66.2 Å². The van der Waals surface area contributed by atoms with Crippen LogP contribution >= 0.6 is 0 Å². The van der Waals surface area contributed by atoms with Gasteiger partial charge in [-0.05, 0) is 67.1 Å². The van der Waals surface area contributed by atoms with Crippen LogP contribution in [0.15, 0.2) is 64.4 Å². The van der Waals surface area contributed by atoms with Gasteiger partial charge in [0.15, 0.2) is 5.65 Å². The summed E-state index contributed by atoms with van der Waals surface area (Å²) in [5.41, 5.74) is 4.86. The monoisotopic (exact) mass is 434 g/mol. The predicted molar refractivity (Wildman–Crippen MR) is 116 cm³/mol. The fraction of sp³-hybridized carbons (Fsp3) is 0.304. The SMILES string of the molecule is O=S(=O)(c1ccc2c(c1)CCC2)N1CCC(n2c(-c3ccoc3)nc3cccnc32)C1. The lowest BCUT2D eigenvalue weighted by Gasteiger charge is -2.19. The fourth-order valence-electron chi connectivity index (χ4n) is 4.87. The van der Waals surface area contributed by atoms with Crippen LogP contribution in [0.25, 0.3) is 22.6 Å². The fourth-order valence-corrected chi connectivity index (χ4v) is 6.41. The lowest BCUT2D eigenvalue weighted by molar-refractivity contribution is 0.455. The first-order valence-corrected chi connectivity index (χ1v) is 12.0. The van der Waals surface area contributed by atoms with E-state index in [4.69, 9.17) is 9.40 Å². The van der Waals surface area contributed by atoms with Gasteiger partial charge in [0.05, 0.1) is 22.8 Å². The van der Waals surface area contributed by atoms with E-state index in [1.165, 1.54) is 11.1 Å². The third-order valence-electron chi connectivity index (χ3n) is 6.43. The Morgan fingerprint density at radius 1 is 1.10 bits per heavy atom. The first-order valence-electron chi connectivity index (χ1n) is 10.6. The minimum Gasteiger partial charge on any atom is -0.472 e. The zero-order valence-corrected chi connectivity index (χ0v) is 17.8. The molecule has 0 N–H and O–H groups in total. The van der Waals surface area contributed by atoms with Crippen LogP contribution in [-0.4, -0.2) is 40.3 Å².